The summed E-state index contributed by atoms with van der Waals surface area (Å²) in [5, 5.41) is 1.98. The Bertz CT molecular complexity index is 486. The summed E-state index contributed by atoms with van der Waals surface area (Å²) in [5.74, 6) is 1.66. The second kappa shape index (κ2) is 6.37. The first-order valence-corrected chi connectivity index (χ1v) is 6.64. The molecule has 0 spiro atoms. The molecule has 2 N–H and O–H groups in total. The Hall–Kier alpha value is -1.59. The van der Waals surface area contributed by atoms with Gasteiger partial charge < -0.3 is 15.2 Å². The Morgan fingerprint density at radius 3 is 2.94 bits per heavy atom. The van der Waals surface area contributed by atoms with Crippen LogP contribution in [0.25, 0.3) is 0 Å². The van der Waals surface area contributed by atoms with Crippen LogP contribution in [0.5, 0.6) is 11.5 Å². The van der Waals surface area contributed by atoms with Crippen molar-refractivity contribution in [3.05, 3.63) is 40.3 Å². The lowest BCUT2D eigenvalue weighted by molar-refractivity contribution is 0.298. The van der Waals surface area contributed by atoms with Crippen molar-refractivity contribution in [3.8, 4) is 11.5 Å². The predicted octanol–water partition coefficient (Wildman–Crippen LogP) is 2.23. The van der Waals surface area contributed by atoms with E-state index in [1.54, 1.807) is 24.0 Å². The number of nitrogens with zero attached hydrogens (tertiary/aromatic N) is 1. The highest BCUT2D eigenvalue weighted by molar-refractivity contribution is 7.07. The zero-order chi connectivity index (χ0) is 12.8. The van der Waals surface area contributed by atoms with Gasteiger partial charge in [0.1, 0.15) is 18.1 Å². The van der Waals surface area contributed by atoms with Gasteiger partial charge in [0.25, 0.3) is 0 Å². The fourth-order valence-electron chi connectivity index (χ4n) is 1.63. The van der Waals surface area contributed by atoms with Crippen LogP contribution in [0.3, 0.4) is 0 Å². The molecule has 2 rings (SSSR count). The maximum Gasteiger partial charge on any atom is 0.131 e. The largest absolute Gasteiger partial charge is 0.497 e. The molecule has 0 aliphatic heterocycles. The monoisotopic (exact) mass is 264 g/mol. The first-order valence-electron chi connectivity index (χ1n) is 5.70. The van der Waals surface area contributed by atoms with Crippen LogP contribution in [-0.2, 0) is 13.0 Å². The topological polar surface area (TPSA) is 57.4 Å². The SMILES string of the molecule is COc1ccc(OCc2cscn2)c(CCN)c1. The van der Waals surface area contributed by atoms with E-state index in [1.807, 2.05) is 23.6 Å². The van der Waals surface area contributed by atoms with Gasteiger partial charge in [-0.05, 0) is 36.7 Å². The minimum atomic E-state index is 0.480. The summed E-state index contributed by atoms with van der Waals surface area (Å²) in [4.78, 5) is 4.18. The van der Waals surface area contributed by atoms with Crippen molar-refractivity contribution in [2.24, 2.45) is 5.73 Å². The van der Waals surface area contributed by atoms with Gasteiger partial charge in [0.05, 0.1) is 18.3 Å². The van der Waals surface area contributed by atoms with Gasteiger partial charge in [0.2, 0.25) is 0 Å². The molecule has 2 aromatic rings. The molecule has 0 saturated carbocycles. The van der Waals surface area contributed by atoms with Crippen molar-refractivity contribution in [3.63, 3.8) is 0 Å². The zero-order valence-corrected chi connectivity index (χ0v) is 11.1. The first-order chi connectivity index (χ1) is 8.83. The van der Waals surface area contributed by atoms with Crippen molar-refractivity contribution in [2.75, 3.05) is 13.7 Å². The van der Waals surface area contributed by atoms with E-state index in [0.29, 0.717) is 13.2 Å². The molecule has 1 heterocycles. The van der Waals surface area contributed by atoms with Gasteiger partial charge in [0, 0.05) is 5.38 Å². The van der Waals surface area contributed by atoms with Crippen LogP contribution in [0.4, 0.5) is 0 Å². The van der Waals surface area contributed by atoms with Gasteiger partial charge in [-0.15, -0.1) is 11.3 Å². The van der Waals surface area contributed by atoms with Gasteiger partial charge in [-0.25, -0.2) is 4.98 Å². The average molecular weight is 264 g/mol. The van der Waals surface area contributed by atoms with E-state index in [-0.39, 0.29) is 0 Å². The Morgan fingerprint density at radius 2 is 2.28 bits per heavy atom. The van der Waals surface area contributed by atoms with E-state index in [9.17, 15) is 0 Å². The second-order valence-electron chi connectivity index (χ2n) is 3.78. The lowest BCUT2D eigenvalue weighted by atomic mass is 10.1. The van der Waals surface area contributed by atoms with E-state index >= 15 is 0 Å². The normalized spacial score (nSPS) is 10.3. The van der Waals surface area contributed by atoms with Crippen molar-refractivity contribution in [2.45, 2.75) is 13.0 Å². The molecular formula is C13H16N2O2S. The van der Waals surface area contributed by atoms with Crippen LogP contribution in [0.1, 0.15) is 11.3 Å². The third-order valence-corrected chi connectivity index (χ3v) is 3.18. The van der Waals surface area contributed by atoms with Crippen LogP contribution in [0.2, 0.25) is 0 Å². The number of thiazole rings is 1. The predicted molar refractivity (Wildman–Crippen MR) is 72.2 cm³/mol. The molecule has 0 saturated heterocycles. The van der Waals surface area contributed by atoms with Gasteiger partial charge in [-0.1, -0.05) is 0 Å². The molecule has 5 heteroatoms. The van der Waals surface area contributed by atoms with E-state index in [4.69, 9.17) is 15.2 Å². The first kappa shape index (κ1) is 12.9. The third-order valence-electron chi connectivity index (χ3n) is 2.54. The van der Waals surface area contributed by atoms with Gasteiger partial charge in [0.15, 0.2) is 0 Å². The molecule has 18 heavy (non-hydrogen) atoms. The maximum absolute atomic E-state index is 5.77. The Labute approximate surface area is 110 Å². The Kier molecular flexibility index (Phi) is 4.55. The highest BCUT2D eigenvalue weighted by Crippen LogP contribution is 2.25. The molecule has 0 aliphatic rings. The highest BCUT2D eigenvalue weighted by Gasteiger charge is 2.06. The van der Waals surface area contributed by atoms with E-state index in [2.05, 4.69) is 4.98 Å². The van der Waals surface area contributed by atoms with Crippen molar-refractivity contribution >= 4 is 11.3 Å². The number of rotatable bonds is 6. The number of hydrogen-bond acceptors (Lipinski definition) is 5. The molecule has 0 unspecified atom stereocenters. The number of aromatic nitrogens is 1. The second-order valence-corrected chi connectivity index (χ2v) is 4.50. The number of benzene rings is 1. The molecule has 0 atom stereocenters. The fraction of sp³-hybridized carbons (Fsp3) is 0.308. The molecule has 1 aromatic carbocycles. The molecular weight excluding hydrogens is 248 g/mol. The number of methoxy groups -OCH3 is 1. The number of ether oxygens (including phenoxy) is 2. The minimum absolute atomic E-state index is 0.480. The van der Waals surface area contributed by atoms with Crippen molar-refractivity contribution in [1.29, 1.82) is 0 Å². The summed E-state index contributed by atoms with van der Waals surface area (Å²) < 4.78 is 11.0. The molecule has 0 fully saturated rings. The lowest BCUT2D eigenvalue weighted by Gasteiger charge is -2.11. The Morgan fingerprint density at radius 1 is 1.39 bits per heavy atom. The summed E-state index contributed by atoms with van der Waals surface area (Å²) in [6, 6.07) is 5.76. The number of nitrogens with two attached hydrogens (primary N) is 1. The summed E-state index contributed by atoms with van der Waals surface area (Å²) in [5.41, 5.74) is 9.41. The molecule has 96 valence electrons. The quantitative estimate of drug-likeness (QED) is 0.869. The number of hydrogen-bond donors (Lipinski definition) is 1. The summed E-state index contributed by atoms with van der Waals surface area (Å²) in [7, 11) is 1.65. The molecule has 0 aliphatic carbocycles. The zero-order valence-electron chi connectivity index (χ0n) is 10.3. The van der Waals surface area contributed by atoms with Crippen LogP contribution >= 0.6 is 11.3 Å². The van der Waals surface area contributed by atoms with E-state index in [1.165, 1.54) is 0 Å². The molecule has 0 amide bonds. The summed E-state index contributed by atoms with van der Waals surface area (Å²) >= 11 is 1.56. The molecule has 0 radical (unpaired) electrons. The van der Waals surface area contributed by atoms with Crippen LogP contribution in [0, 0.1) is 0 Å². The maximum atomic E-state index is 5.77. The Balaban J connectivity index is 2.10. The average Bonchev–Trinajstić information content (AvgIpc) is 2.90. The summed E-state index contributed by atoms with van der Waals surface area (Å²) in [6.07, 6.45) is 0.767. The minimum Gasteiger partial charge on any atom is -0.497 e. The van der Waals surface area contributed by atoms with E-state index < -0.39 is 0 Å². The van der Waals surface area contributed by atoms with E-state index in [0.717, 1.165) is 29.2 Å². The van der Waals surface area contributed by atoms with Crippen molar-refractivity contribution in [1.82, 2.24) is 4.98 Å². The smallest absolute Gasteiger partial charge is 0.131 e. The molecule has 1 aromatic heterocycles. The lowest BCUT2D eigenvalue weighted by Crippen LogP contribution is -2.06. The van der Waals surface area contributed by atoms with Gasteiger partial charge in [-0.2, -0.15) is 0 Å². The van der Waals surface area contributed by atoms with Gasteiger partial charge >= 0.3 is 0 Å². The third kappa shape index (κ3) is 3.21. The van der Waals surface area contributed by atoms with Gasteiger partial charge in [-0.3, -0.25) is 0 Å². The fourth-order valence-corrected chi connectivity index (χ4v) is 2.18. The molecule has 4 nitrogen and oxygen atoms in total. The van der Waals surface area contributed by atoms with Crippen LogP contribution in [0.15, 0.2) is 29.1 Å². The summed E-state index contributed by atoms with van der Waals surface area (Å²) in [6.45, 7) is 1.06. The van der Waals surface area contributed by atoms with Crippen LogP contribution in [-0.4, -0.2) is 18.6 Å². The van der Waals surface area contributed by atoms with Crippen LogP contribution < -0.4 is 15.2 Å². The molecule has 0 bridgehead atoms. The highest BCUT2D eigenvalue weighted by atomic mass is 32.1. The van der Waals surface area contributed by atoms with Crippen molar-refractivity contribution < 1.29 is 9.47 Å². The standard InChI is InChI=1S/C13H16N2O2S/c1-16-12-2-3-13(10(6-12)4-5-14)17-7-11-8-18-9-15-11/h2-3,6,8-9H,4-5,7,14H2,1H3.